The average molecular weight is 297 g/mol. The highest BCUT2D eigenvalue weighted by Crippen LogP contribution is 2.27. The minimum Gasteiger partial charge on any atom is -0.396 e. The number of halogens is 5. The Bertz CT molecular complexity index is 432. The summed E-state index contributed by atoms with van der Waals surface area (Å²) in [4.78, 5) is 0. The molecule has 114 valence electrons. The highest BCUT2D eigenvalue weighted by atomic mass is 19.2. The normalized spacial score (nSPS) is 12.6. The zero-order chi connectivity index (χ0) is 15.3. The first kappa shape index (κ1) is 16.7. The van der Waals surface area contributed by atoms with Crippen LogP contribution in [0.2, 0.25) is 0 Å². The van der Waals surface area contributed by atoms with Crippen molar-refractivity contribution in [3.63, 3.8) is 0 Å². The largest absolute Gasteiger partial charge is 0.396 e. The van der Waals surface area contributed by atoms with Crippen molar-refractivity contribution in [3.8, 4) is 0 Å². The molecule has 2 N–H and O–H groups in total. The Morgan fingerprint density at radius 1 is 0.900 bits per heavy atom. The van der Waals surface area contributed by atoms with Crippen molar-refractivity contribution in [3.05, 3.63) is 29.1 Å². The predicted octanol–water partition coefficient (Wildman–Crippen LogP) is 3.59. The summed E-state index contributed by atoms with van der Waals surface area (Å²) in [5, 5.41) is 11.1. The molecule has 0 aliphatic carbocycles. The third kappa shape index (κ3) is 3.59. The van der Waals surface area contributed by atoms with Crippen molar-refractivity contribution < 1.29 is 27.1 Å². The van der Waals surface area contributed by atoms with Crippen LogP contribution in [0.1, 0.15) is 26.2 Å². The number of aliphatic hydroxyl groups excluding tert-OH is 1. The number of benzene rings is 1. The predicted molar refractivity (Wildman–Crippen MR) is 64.8 cm³/mol. The summed E-state index contributed by atoms with van der Waals surface area (Å²) in [7, 11) is 0. The highest BCUT2D eigenvalue weighted by Gasteiger charge is 2.25. The van der Waals surface area contributed by atoms with E-state index in [0.717, 1.165) is 6.42 Å². The second-order valence-corrected chi connectivity index (χ2v) is 4.49. The molecule has 20 heavy (non-hydrogen) atoms. The van der Waals surface area contributed by atoms with Crippen molar-refractivity contribution in [2.45, 2.75) is 26.2 Å². The van der Waals surface area contributed by atoms with Crippen LogP contribution in [0.3, 0.4) is 0 Å². The molecule has 2 nitrogen and oxygen atoms in total. The summed E-state index contributed by atoms with van der Waals surface area (Å²) in [6.45, 7) is 1.80. The molecule has 1 rings (SSSR count). The van der Waals surface area contributed by atoms with E-state index in [1.807, 2.05) is 6.92 Å². The topological polar surface area (TPSA) is 32.3 Å². The van der Waals surface area contributed by atoms with Gasteiger partial charge < -0.3 is 10.4 Å². The molecule has 0 spiro atoms. The molecule has 0 amide bonds. The molecule has 0 saturated carbocycles. The number of rotatable bonds is 7. The number of anilines is 1. The first-order valence-corrected chi connectivity index (χ1v) is 6.30. The van der Waals surface area contributed by atoms with Crippen LogP contribution in [0.25, 0.3) is 0 Å². The molecule has 1 aromatic rings. The first-order valence-electron chi connectivity index (χ1n) is 6.30. The fourth-order valence-corrected chi connectivity index (χ4v) is 1.95. The number of nitrogens with one attached hydrogen (secondary N) is 1. The smallest absolute Gasteiger partial charge is 0.200 e. The molecule has 0 aromatic heterocycles. The summed E-state index contributed by atoms with van der Waals surface area (Å²) in [6.07, 6.45) is 1.84. The van der Waals surface area contributed by atoms with Gasteiger partial charge >= 0.3 is 0 Å². The molecule has 0 radical (unpaired) electrons. The highest BCUT2D eigenvalue weighted by molar-refractivity contribution is 5.47. The summed E-state index contributed by atoms with van der Waals surface area (Å²) < 4.78 is 65.6. The second kappa shape index (κ2) is 7.42. The summed E-state index contributed by atoms with van der Waals surface area (Å²) >= 11 is 0. The Labute approximate surface area is 113 Å². The van der Waals surface area contributed by atoms with E-state index >= 15 is 0 Å². The standard InChI is InChI=1S/C13H16F5NO/c1-2-3-7(4-5-20)6-19-13-11(17)9(15)8(14)10(16)12(13)18/h7,19-20H,2-6H2,1H3. The lowest BCUT2D eigenvalue weighted by Crippen LogP contribution is -2.18. The number of hydrogen-bond donors (Lipinski definition) is 2. The van der Waals surface area contributed by atoms with Gasteiger partial charge in [0, 0.05) is 13.2 Å². The van der Waals surface area contributed by atoms with E-state index in [0.29, 0.717) is 12.8 Å². The molecule has 1 atom stereocenters. The van der Waals surface area contributed by atoms with Crippen LogP contribution in [0, 0.1) is 35.0 Å². The summed E-state index contributed by atoms with van der Waals surface area (Å²) in [6, 6.07) is 0. The van der Waals surface area contributed by atoms with E-state index in [1.165, 1.54) is 0 Å². The van der Waals surface area contributed by atoms with Gasteiger partial charge in [0.05, 0.1) is 0 Å². The fourth-order valence-electron chi connectivity index (χ4n) is 1.95. The lowest BCUT2D eigenvalue weighted by atomic mass is 10.00. The van der Waals surface area contributed by atoms with Crippen LogP contribution in [-0.2, 0) is 0 Å². The van der Waals surface area contributed by atoms with Crippen LogP contribution in [0.5, 0.6) is 0 Å². The molecule has 0 fully saturated rings. The van der Waals surface area contributed by atoms with Gasteiger partial charge in [0.25, 0.3) is 0 Å². The van der Waals surface area contributed by atoms with E-state index in [2.05, 4.69) is 5.32 Å². The van der Waals surface area contributed by atoms with Crippen molar-refractivity contribution >= 4 is 5.69 Å². The van der Waals surface area contributed by atoms with Gasteiger partial charge in [-0.3, -0.25) is 0 Å². The fraction of sp³-hybridized carbons (Fsp3) is 0.538. The first-order chi connectivity index (χ1) is 9.43. The van der Waals surface area contributed by atoms with Gasteiger partial charge in [-0.2, -0.15) is 0 Å². The molecule has 1 unspecified atom stereocenters. The Morgan fingerprint density at radius 2 is 1.40 bits per heavy atom. The van der Waals surface area contributed by atoms with Crippen LogP contribution in [-0.4, -0.2) is 18.3 Å². The zero-order valence-electron chi connectivity index (χ0n) is 10.9. The SMILES string of the molecule is CCCC(CCO)CNc1c(F)c(F)c(F)c(F)c1F. The van der Waals surface area contributed by atoms with Gasteiger partial charge in [0.1, 0.15) is 5.69 Å². The van der Waals surface area contributed by atoms with Gasteiger partial charge in [0.2, 0.25) is 5.82 Å². The Hall–Kier alpha value is -1.37. The molecule has 0 bridgehead atoms. The van der Waals surface area contributed by atoms with Gasteiger partial charge in [-0.25, -0.2) is 22.0 Å². The second-order valence-electron chi connectivity index (χ2n) is 4.49. The van der Waals surface area contributed by atoms with Gasteiger partial charge in [-0.15, -0.1) is 0 Å². The van der Waals surface area contributed by atoms with Crippen LogP contribution >= 0.6 is 0 Å². The number of aliphatic hydroxyl groups is 1. The maximum absolute atomic E-state index is 13.4. The van der Waals surface area contributed by atoms with E-state index in [-0.39, 0.29) is 19.1 Å². The van der Waals surface area contributed by atoms with Gasteiger partial charge in [-0.05, 0) is 18.8 Å². The number of hydrogen-bond acceptors (Lipinski definition) is 2. The van der Waals surface area contributed by atoms with Crippen LogP contribution in [0.15, 0.2) is 0 Å². The Balaban J connectivity index is 2.92. The summed E-state index contributed by atoms with van der Waals surface area (Å²) in [5.41, 5.74) is -1.03. The van der Waals surface area contributed by atoms with Crippen molar-refractivity contribution in [2.24, 2.45) is 5.92 Å². The molecule has 0 saturated heterocycles. The summed E-state index contributed by atoms with van der Waals surface area (Å²) in [5.74, 6) is -9.98. The van der Waals surface area contributed by atoms with Gasteiger partial charge in [-0.1, -0.05) is 13.3 Å². The average Bonchev–Trinajstić information content (AvgIpc) is 2.43. The molecule has 1 aromatic carbocycles. The van der Waals surface area contributed by atoms with E-state index in [1.54, 1.807) is 0 Å². The maximum Gasteiger partial charge on any atom is 0.200 e. The van der Waals surface area contributed by atoms with E-state index in [4.69, 9.17) is 5.11 Å². The van der Waals surface area contributed by atoms with Crippen LogP contribution in [0.4, 0.5) is 27.6 Å². The molecule has 0 aliphatic heterocycles. The van der Waals surface area contributed by atoms with Crippen LogP contribution < -0.4 is 5.32 Å². The molecular weight excluding hydrogens is 281 g/mol. The van der Waals surface area contributed by atoms with Crippen molar-refractivity contribution in [1.29, 1.82) is 0 Å². The third-order valence-electron chi connectivity index (χ3n) is 3.01. The van der Waals surface area contributed by atoms with Gasteiger partial charge in [0.15, 0.2) is 23.3 Å². The minimum atomic E-state index is -2.17. The molecule has 0 aliphatic rings. The lowest BCUT2D eigenvalue weighted by Gasteiger charge is -2.17. The van der Waals surface area contributed by atoms with E-state index < -0.39 is 34.8 Å². The van der Waals surface area contributed by atoms with E-state index in [9.17, 15) is 22.0 Å². The monoisotopic (exact) mass is 297 g/mol. The quantitative estimate of drug-likeness (QED) is 0.458. The minimum absolute atomic E-state index is 0.0206. The third-order valence-corrected chi connectivity index (χ3v) is 3.01. The lowest BCUT2D eigenvalue weighted by molar-refractivity contribution is 0.255. The molecule has 7 heteroatoms. The Morgan fingerprint density at radius 3 is 1.85 bits per heavy atom. The molecular formula is C13H16F5NO. The van der Waals surface area contributed by atoms with Crippen molar-refractivity contribution in [1.82, 2.24) is 0 Å². The molecule has 0 heterocycles. The maximum atomic E-state index is 13.4. The van der Waals surface area contributed by atoms with Crippen molar-refractivity contribution in [2.75, 3.05) is 18.5 Å². The Kier molecular flexibility index (Phi) is 6.19. The zero-order valence-corrected chi connectivity index (χ0v) is 10.9.